The Bertz CT molecular complexity index is 434. The van der Waals surface area contributed by atoms with E-state index in [-0.39, 0.29) is 5.41 Å². The summed E-state index contributed by atoms with van der Waals surface area (Å²) in [6, 6.07) is 5.05. The molecule has 2 atom stereocenters. The lowest BCUT2D eigenvalue weighted by Gasteiger charge is -2.26. The lowest BCUT2D eigenvalue weighted by molar-refractivity contribution is 0.356. The van der Waals surface area contributed by atoms with Crippen LogP contribution >= 0.6 is 0 Å². The monoisotopic (exact) mass is 290 g/mol. The van der Waals surface area contributed by atoms with E-state index in [9.17, 15) is 0 Å². The van der Waals surface area contributed by atoms with Crippen LogP contribution in [0, 0.1) is 19.8 Å². The van der Waals surface area contributed by atoms with Gasteiger partial charge in [0.05, 0.1) is 0 Å². The minimum absolute atomic E-state index is 0.203. The van der Waals surface area contributed by atoms with Crippen LogP contribution in [0.1, 0.15) is 69.7 Å². The Morgan fingerprint density at radius 2 is 1.67 bits per heavy atom. The summed E-state index contributed by atoms with van der Waals surface area (Å²) in [5.41, 5.74) is 8.89. The van der Waals surface area contributed by atoms with E-state index in [0.717, 1.165) is 6.42 Å². The largest absolute Gasteiger partial charge is 0.271 e. The Morgan fingerprint density at radius 1 is 1.14 bits per heavy atom. The van der Waals surface area contributed by atoms with Crippen molar-refractivity contribution in [2.45, 2.75) is 79.2 Å². The molecule has 2 unspecified atom stereocenters. The molecule has 1 aromatic rings. The van der Waals surface area contributed by atoms with Gasteiger partial charge in [0.2, 0.25) is 0 Å². The molecule has 2 nitrogen and oxygen atoms in total. The fraction of sp³-hybridized carbons (Fsp3) is 0.684. The molecule has 0 bridgehead atoms. The summed E-state index contributed by atoms with van der Waals surface area (Å²) in [5.74, 6) is 6.40. The quantitative estimate of drug-likeness (QED) is 0.601. The van der Waals surface area contributed by atoms with Crippen LogP contribution in [0.2, 0.25) is 0 Å². The minimum atomic E-state index is 0.203. The molecule has 0 aliphatic heterocycles. The highest BCUT2D eigenvalue weighted by molar-refractivity contribution is 5.41. The summed E-state index contributed by atoms with van der Waals surface area (Å²) in [6.45, 7) is 15.8. The lowest BCUT2D eigenvalue weighted by atomic mass is 9.82. The van der Waals surface area contributed by atoms with Gasteiger partial charge in [-0.1, -0.05) is 53.2 Å². The molecule has 0 aromatic heterocycles. The van der Waals surface area contributed by atoms with Gasteiger partial charge < -0.3 is 0 Å². The molecule has 0 amide bonds. The van der Waals surface area contributed by atoms with Crippen molar-refractivity contribution in [1.29, 1.82) is 0 Å². The standard InChI is InChI=1S/C19H34N2/c1-8-9-13(2)18(21-20)12-17-14(3)10-16(11-15(17)4)19(5,6)7/h10-11,13,18,21H,8-9,12,20H2,1-7H3. The van der Waals surface area contributed by atoms with Crippen molar-refractivity contribution in [3.05, 3.63) is 34.4 Å². The number of aryl methyl sites for hydroxylation is 2. The zero-order chi connectivity index (χ0) is 16.2. The second-order valence-corrected chi connectivity index (χ2v) is 7.58. The van der Waals surface area contributed by atoms with Gasteiger partial charge >= 0.3 is 0 Å². The summed E-state index contributed by atoms with van der Waals surface area (Å²) in [5, 5.41) is 0. The third-order valence-corrected chi connectivity index (χ3v) is 4.63. The Morgan fingerprint density at radius 3 is 2.05 bits per heavy atom. The Kier molecular flexibility index (Phi) is 6.42. The van der Waals surface area contributed by atoms with Gasteiger partial charge in [-0.15, -0.1) is 0 Å². The normalized spacial score (nSPS) is 15.0. The first kappa shape index (κ1) is 18.2. The van der Waals surface area contributed by atoms with Crippen LogP contribution in [0.25, 0.3) is 0 Å². The van der Waals surface area contributed by atoms with Gasteiger partial charge in [0.25, 0.3) is 0 Å². The molecular formula is C19H34N2. The number of nitrogens with two attached hydrogens (primary N) is 1. The first-order valence-corrected chi connectivity index (χ1v) is 8.27. The van der Waals surface area contributed by atoms with E-state index in [2.05, 4.69) is 66.0 Å². The number of benzene rings is 1. The fourth-order valence-corrected chi connectivity index (χ4v) is 3.05. The van der Waals surface area contributed by atoms with Gasteiger partial charge in [0, 0.05) is 6.04 Å². The average Bonchev–Trinajstić information content (AvgIpc) is 2.37. The minimum Gasteiger partial charge on any atom is -0.271 e. The summed E-state index contributed by atoms with van der Waals surface area (Å²) >= 11 is 0. The predicted molar refractivity (Wildman–Crippen MR) is 93.5 cm³/mol. The summed E-state index contributed by atoms with van der Waals surface area (Å²) < 4.78 is 0. The van der Waals surface area contributed by atoms with Crippen molar-refractivity contribution in [2.75, 3.05) is 0 Å². The third kappa shape index (κ3) is 4.82. The van der Waals surface area contributed by atoms with Gasteiger partial charge in [-0.2, -0.15) is 0 Å². The molecule has 120 valence electrons. The summed E-state index contributed by atoms with van der Waals surface area (Å²) in [7, 11) is 0. The molecule has 0 spiro atoms. The number of hydrogen-bond acceptors (Lipinski definition) is 2. The summed E-state index contributed by atoms with van der Waals surface area (Å²) in [4.78, 5) is 0. The molecule has 21 heavy (non-hydrogen) atoms. The van der Waals surface area contributed by atoms with Crippen molar-refractivity contribution in [3.63, 3.8) is 0 Å². The number of hydrogen-bond donors (Lipinski definition) is 2. The van der Waals surface area contributed by atoms with Gasteiger partial charge in [0.15, 0.2) is 0 Å². The highest BCUT2D eigenvalue weighted by Crippen LogP contribution is 2.28. The second-order valence-electron chi connectivity index (χ2n) is 7.58. The van der Waals surface area contributed by atoms with Crippen molar-refractivity contribution < 1.29 is 0 Å². The van der Waals surface area contributed by atoms with E-state index in [1.165, 1.54) is 35.1 Å². The molecule has 2 heteroatoms. The molecule has 0 saturated heterocycles. The van der Waals surface area contributed by atoms with E-state index >= 15 is 0 Å². The van der Waals surface area contributed by atoms with Gasteiger partial charge in [-0.25, -0.2) is 0 Å². The van der Waals surface area contributed by atoms with Crippen molar-refractivity contribution in [2.24, 2.45) is 11.8 Å². The molecule has 1 aromatic carbocycles. The number of nitrogens with one attached hydrogen (secondary N) is 1. The molecule has 0 fully saturated rings. The first-order valence-electron chi connectivity index (χ1n) is 8.27. The molecular weight excluding hydrogens is 256 g/mol. The number of rotatable bonds is 6. The zero-order valence-corrected chi connectivity index (χ0v) is 15.0. The van der Waals surface area contributed by atoms with Crippen molar-refractivity contribution >= 4 is 0 Å². The van der Waals surface area contributed by atoms with E-state index in [0.29, 0.717) is 12.0 Å². The van der Waals surface area contributed by atoms with Crippen LogP contribution in [-0.2, 0) is 11.8 Å². The molecule has 1 rings (SSSR count). The topological polar surface area (TPSA) is 38.0 Å². The lowest BCUT2D eigenvalue weighted by Crippen LogP contribution is -2.41. The van der Waals surface area contributed by atoms with Crippen molar-refractivity contribution in [1.82, 2.24) is 5.43 Å². The van der Waals surface area contributed by atoms with E-state index in [4.69, 9.17) is 5.84 Å². The maximum Gasteiger partial charge on any atom is 0.0276 e. The molecule has 0 saturated carbocycles. The Labute approximate surface area is 131 Å². The van der Waals surface area contributed by atoms with Crippen LogP contribution in [0.5, 0.6) is 0 Å². The molecule has 0 heterocycles. The molecule has 0 aliphatic carbocycles. The average molecular weight is 290 g/mol. The second kappa shape index (κ2) is 7.42. The highest BCUT2D eigenvalue weighted by atomic mass is 15.2. The molecule has 0 radical (unpaired) electrons. The maximum absolute atomic E-state index is 5.80. The zero-order valence-electron chi connectivity index (χ0n) is 15.0. The van der Waals surface area contributed by atoms with Crippen LogP contribution in [0.3, 0.4) is 0 Å². The van der Waals surface area contributed by atoms with Crippen LogP contribution in [0.15, 0.2) is 12.1 Å². The Balaban J connectivity index is 3.03. The predicted octanol–water partition coefficient (Wildman–Crippen LogP) is 4.41. The van der Waals surface area contributed by atoms with Gasteiger partial charge in [0.1, 0.15) is 0 Å². The molecule has 0 aliphatic rings. The fourth-order valence-electron chi connectivity index (χ4n) is 3.05. The van der Waals surface area contributed by atoms with Crippen LogP contribution in [0.4, 0.5) is 0 Å². The van der Waals surface area contributed by atoms with Crippen LogP contribution < -0.4 is 11.3 Å². The Hall–Kier alpha value is -0.860. The van der Waals surface area contributed by atoms with E-state index in [1.807, 2.05) is 0 Å². The summed E-state index contributed by atoms with van der Waals surface area (Å²) in [6.07, 6.45) is 3.44. The van der Waals surface area contributed by atoms with Crippen LogP contribution in [-0.4, -0.2) is 6.04 Å². The van der Waals surface area contributed by atoms with Gasteiger partial charge in [-0.3, -0.25) is 11.3 Å². The maximum atomic E-state index is 5.80. The smallest absolute Gasteiger partial charge is 0.0276 e. The number of hydrazine groups is 1. The highest BCUT2D eigenvalue weighted by Gasteiger charge is 2.20. The SMILES string of the molecule is CCCC(C)C(Cc1c(C)cc(C(C)(C)C)cc1C)NN. The first-order chi connectivity index (χ1) is 9.70. The third-order valence-electron chi connectivity index (χ3n) is 4.63. The van der Waals surface area contributed by atoms with E-state index in [1.54, 1.807) is 0 Å². The van der Waals surface area contributed by atoms with Crippen molar-refractivity contribution in [3.8, 4) is 0 Å². The van der Waals surface area contributed by atoms with E-state index < -0.39 is 0 Å². The van der Waals surface area contributed by atoms with Gasteiger partial charge in [-0.05, 0) is 60.3 Å². The molecule has 3 N–H and O–H groups in total.